The van der Waals surface area contributed by atoms with Crippen LogP contribution in [0.2, 0.25) is 0 Å². The van der Waals surface area contributed by atoms with Gasteiger partial charge in [-0.25, -0.2) is 4.98 Å². The van der Waals surface area contributed by atoms with Crippen molar-refractivity contribution in [2.24, 2.45) is 0 Å². The Morgan fingerprint density at radius 3 is 2.39 bits per heavy atom. The molecule has 2 atom stereocenters. The molecule has 1 aromatic carbocycles. The fraction of sp³-hybridized carbons (Fsp3) is 0.476. The number of pyridine rings is 1. The third-order valence-electron chi connectivity index (χ3n) is 6.00. The molecular formula is C21H23F3N2O2. The average Bonchev–Trinajstić information content (AvgIpc) is 2.91. The maximum Gasteiger partial charge on any atom is 0.417 e. The Balaban J connectivity index is 1.62. The summed E-state index contributed by atoms with van der Waals surface area (Å²) in [6.45, 7) is 0.782. The number of piperidine rings is 1. The van der Waals surface area contributed by atoms with Crippen molar-refractivity contribution < 1.29 is 23.0 Å². The van der Waals surface area contributed by atoms with Gasteiger partial charge in [-0.1, -0.05) is 30.3 Å². The van der Waals surface area contributed by atoms with Crippen LogP contribution >= 0.6 is 0 Å². The van der Waals surface area contributed by atoms with Gasteiger partial charge in [0, 0.05) is 30.4 Å². The first-order valence-electron chi connectivity index (χ1n) is 9.44. The van der Waals surface area contributed by atoms with Crippen LogP contribution in [0.25, 0.3) is 0 Å². The van der Waals surface area contributed by atoms with Gasteiger partial charge < -0.3 is 9.84 Å². The maximum absolute atomic E-state index is 13.2. The summed E-state index contributed by atoms with van der Waals surface area (Å²) in [4.78, 5) is 6.20. The smallest absolute Gasteiger partial charge is 0.417 e. The van der Waals surface area contributed by atoms with E-state index in [0.717, 1.165) is 31.6 Å². The molecule has 0 spiro atoms. The van der Waals surface area contributed by atoms with Crippen LogP contribution in [-0.4, -0.2) is 34.2 Å². The van der Waals surface area contributed by atoms with Crippen molar-refractivity contribution in [3.63, 3.8) is 0 Å². The highest BCUT2D eigenvalue weighted by Gasteiger charge is 2.50. The van der Waals surface area contributed by atoms with E-state index >= 15 is 0 Å². The van der Waals surface area contributed by atoms with Crippen molar-refractivity contribution in [2.45, 2.75) is 56.1 Å². The lowest BCUT2D eigenvalue weighted by molar-refractivity contribution is -0.138. The van der Waals surface area contributed by atoms with Crippen LogP contribution in [0.1, 0.15) is 42.4 Å². The Morgan fingerprint density at radius 2 is 1.82 bits per heavy atom. The first-order chi connectivity index (χ1) is 13.3. The van der Waals surface area contributed by atoms with E-state index in [1.165, 1.54) is 12.7 Å². The van der Waals surface area contributed by atoms with Crippen molar-refractivity contribution in [2.75, 3.05) is 7.11 Å². The van der Waals surface area contributed by atoms with Gasteiger partial charge in [0.1, 0.15) is 0 Å². The van der Waals surface area contributed by atoms with Crippen LogP contribution in [0.5, 0.6) is 5.88 Å². The molecule has 2 aliphatic heterocycles. The van der Waals surface area contributed by atoms with Crippen LogP contribution in [-0.2, 0) is 18.3 Å². The molecule has 7 heteroatoms. The largest absolute Gasteiger partial charge is 0.481 e. The van der Waals surface area contributed by atoms with Gasteiger partial charge in [0.15, 0.2) is 0 Å². The molecule has 4 rings (SSSR count). The number of alkyl halides is 3. The fourth-order valence-electron chi connectivity index (χ4n) is 4.69. The molecule has 2 aromatic rings. The molecule has 0 radical (unpaired) electrons. The predicted octanol–water partition coefficient (Wildman–Crippen LogP) is 4.12. The summed E-state index contributed by atoms with van der Waals surface area (Å²) >= 11 is 0. The minimum Gasteiger partial charge on any atom is -0.481 e. The first kappa shape index (κ1) is 19.2. The van der Waals surface area contributed by atoms with E-state index in [2.05, 4.69) is 22.0 Å². The topological polar surface area (TPSA) is 45.6 Å². The molecule has 4 nitrogen and oxygen atoms in total. The number of hydrogen-bond donors (Lipinski definition) is 1. The molecule has 2 bridgehead atoms. The van der Waals surface area contributed by atoms with Gasteiger partial charge in [0.25, 0.3) is 0 Å². The number of halogens is 3. The molecule has 28 heavy (non-hydrogen) atoms. The van der Waals surface area contributed by atoms with Gasteiger partial charge in [-0.05, 0) is 37.3 Å². The number of methoxy groups -OCH3 is 1. The van der Waals surface area contributed by atoms with E-state index < -0.39 is 17.3 Å². The van der Waals surface area contributed by atoms with Crippen molar-refractivity contribution in [1.29, 1.82) is 0 Å². The summed E-state index contributed by atoms with van der Waals surface area (Å²) in [6.07, 6.45) is -1.17. The highest BCUT2D eigenvalue weighted by atomic mass is 19.4. The Kier molecular flexibility index (Phi) is 4.83. The third kappa shape index (κ3) is 3.49. The van der Waals surface area contributed by atoms with Crippen molar-refractivity contribution in [1.82, 2.24) is 9.88 Å². The molecule has 2 aliphatic rings. The van der Waals surface area contributed by atoms with E-state index in [4.69, 9.17) is 4.74 Å². The number of nitrogens with zero attached hydrogens (tertiary/aromatic N) is 2. The lowest BCUT2D eigenvalue weighted by Crippen LogP contribution is -2.49. The van der Waals surface area contributed by atoms with Crippen LogP contribution < -0.4 is 4.74 Å². The second-order valence-electron chi connectivity index (χ2n) is 7.76. The zero-order valence-electron chi connectivity index (χ0n) is 15.6. The van der Waals surface area contributed by atoms with Crippen LogP contribution in [0.3, 0.4) is 0 Å². The second kappa shape index (κ2) is 7.04. The van der Waals surface area contributed by atoms with E-state index in [1.54, 1.807) is 0 Å². The number of aromatic nitrogens is 1. The fourth-order valence-corrected chi connectivity index (χ4v) is 4.69. The Bertz CT molecular complexity index is 827. The highest BCUT2D eigenvalue weighted by Crippen LogP contribution is 2.48. The molecule has 0 saturated carbocycles. The second-order valence-corrected chi connectivity index (χ2v) is 7.76. The van der Waals surface area contributed by atoms with Crippen LogP contribution in [0.4, 0.5) is 13.2 Å². The normalized spacial score (nSPS) is 27.8. The van der Waals surface area contributed by atoms with Crippen molar-refractivity contribution in [3.05, 3.63) is 59.3 Å². The summed E-state index contributed by atoms with van der Waals surface area (Å²) in [5.41, 5.74) is -0.904. The standard InChI is InChI=1S/C21H23F3N2O2/c1-28-19-18(9-15(12-25-19)21(22,23)24)20(27)10-16-7-8-17(11-20)26(16)13-14-5-3-2-4-6-14/h2-6,9,12,16-17,27H,7-8,10-11,13H2,1H3. The molecule has 150 valence electrons. The summed E-state index contributed by atoms with van der Waals surface area (Å²) in [7, 11) is 1.36. The molecule has 0 aliphatic carbocycles. The van der Waals surface area contributed by atoms with E-state index in [9.17, 15) is 18.3 Å². The molecule has 2 fully saturated rings. The molecule has 3 heterocycles. The van der Waals surface area contributed by atoms with Crippen molar-refractivity contribution >= 4 is 0 Å². The van der Waals surface area contributed by atoms with Gasteiger partial charge in [0.05, 0.1) is 18.3 Å². The Morgan fingerprint density at radius 1 is 1.18 bits per heavy atom. The van der Waals surface area contributed by atoms with Crippen LogP contribution in [0.15, 0.2) is 42.6 Å². The number of aliphatic hydroxyl groups is 1. The Labute approximate surface area is 162 Å². The number of hydrogen-bond acceptors (Lipinski definition) is 4. The predicted molar refractivity (Wildman–Crippen MR) is 97.7 cm³/mol. The number of rotatable bonds is 4. The maximum atomic E-state index is 13.2. The minimum atomic E-state index is -4.52. The minimum absolute atomic E-state index is 0.0615. The van der Waals surface area contributed by atoms with E-state index in [1.807, 2.05) is 18.2 Å². The first-order valence-corrected chi connectivity index (χ1v) is 9.44. The molecule has 0 amide bonds. The molecule has 2 unspecified atom stereocenters. The summed E-state index contributed by atoms with van der Waals surface area (Å²) in [5, 5.41) is 11.4. The van der Waals surface area contributed by atoms with E-state index in [-0.39, 0.29) is 23.5 Å². The van der Waals surface area contributed by atoms with E-state index in [0.29, 0.717) is 12.8 Å². The average molecular weight is 392 g/mol. The van der Waals surface area contributed by atoms with Crippen LogP contribution in [0, 0.1) is 0 Å². The quantitative estimate of drug-likeness (QED) is 0.850. The molecular weight excluding hydrogens is 369 g/mol. The zero-order valence-corrected chi connectivity index (χ0v) is 15.6. The van der Waals surface area contributed by atoms with Gasteiger partial charge in [0.2, 0.25) is 5.88 Å². The monoisotopic (exact) mass is 392 g/mol. The summed E-state index contributed by atoms with van der Waals surface area (Å²) in [5.74, 6) is 0.0615. The number of ether oxygens (including phenoxy) is 1. The third-order valence-corrected chi connectivity index (χ3v) is 6.00. The summed E-state index contributed by atoms with van der Waals surface area (Å²) < 4.78 is 44.8. The Hall–Kier alpha value is -2.12. The zero-order chi connectivity index (χ0) is 19.9. The molecule has 2 saturated heterocycles. The lowest BCUT2D eigenvalue weighted by atomic mass is 9.80. The SMILES string of the molecule is COc1ncc(C(F)(F)F)cc1C1(O)CC2CCC(C1)N2Cc1ccccc1. The molecule has 1 N–H and O–H groups in total. The highest BCUT2D eigenvalue weighted by molar-refractivity contribution is 5.37. The summed E-state index contributed by atoms with van der Waals surface area (Å²) in [6, 6.07) is 11.3. The van der Waals surface area contributed by atoms with Gasteiger partial charge in [-0.2, -0.15) is 13.2 Å². The number of fused-ring (bicyclic) bond motifs is 2. The number of benzene rings is 1. The molecule has 1 aromatic heterocycles. The van der Waals surface area contributed by atoms with Gasteiger partial charge in [-0.3, -0.25) is 4.90 Å². The van der Waals surface area contributed by atoms with Crippen molar-refractivity contribution in [3.8, 4) is 5.88 Å². The van der Waals surface area contributed by atoms with Gasteiger partial charge >= 0.3 is 6.18 Å². The van der Waals surface area contributed by atoms with Gasteiger partial charge in [-0.15, -0.1) is 0 Å². The lowest BCUT2D eigenvalue weighted by Gasteiger charge is -2.44.